The summed E-state index contributed by atoms with van der Waals surface area (Å²) in [5.41, 5.74) is 2.08. The molecule has 1 aromatic carbocycles. The Labute approximate surface area is 81.5 Å². The lowest BCUT2D eigenvalue weighted by atomic mass is 9.99. The lowest BCUT2D eigenvalue weighted by molar-refractivity contribution is 0.158. The molecule has 1 rings (SSSR count). The largest absolute Gasteiger partial charge is 0.316 e. The molecule has 0 aromatic heterocycles. The highest BCUT2D eigenvalue weighted by Crippen LogP contribution is 2.23. The summed E-state index contributed by atoms with van der Waals surface area (Å²) in [6.07, 6.45) is 0. The van der Waals surface area contributed by atoms with Gasteiger partial charge in [-0.3, -0.25) is 0 Å². The summed E-state index contributed by atoms with van der Waals surface area (Å²) in [5.74, 6) is -1.23. The van der Waals surface area contributed by atoms with Crippen molar-refractivity contribution in [2.45, 2.75) is 26.3 Å². The summed E-state index contributed by atoms with van der Waals surface area (Å²) in [7, 11) is 0. The Balaban J connectivity index is 3.19. The van der Waals surface area contributed by atoms with Crippen LogP contribution in [-0.2, 0) is 6.54 Å². The van der Waals surface area contributed by atoms with Gasteiger partial charge in [0.2, 0.25) is 0 Å². The third-order valence-corrected chi connectivity index (χ3v) is 2.09. The van der Waals surface area contributed by atoms with Crippen molar-refractivity contribution in [3.8, 4) is 0 Å². The summed E-state index contributed by atoms with van der Waals surface area (Å²) >= 11 is 0. The van der Waals surface area contributed by atoms with E-state index in [1.54, 1.807) is 5.48 Å². The second-order valence-corrected chi connectivity index (χ2v) is 3.42. The standard InChI is InChI=1S/C10H13F2NO/c1-6(2)7-3-4-9(11)8(5-13-14)10(7)12/h3-4,6,13-14H,5H2,1-2H3. The molecule has 0 amide bonds. The van der Waals surface area contributed by atoms with Crippen molar-refractivity contribution >= 4 is 0 Å². The molecule has 0 saturated carbocycles. The van der Waals surface area contributed by atoms with Gasteiger partial charge in [0.15, 0.2) is 0 Å². The molecule has 0 atom stereocenters. The number of rotatable bonds is 3. The zero-order valence-electron chi connectivity index (χ0n) is 8.14. The second-order valence-electron chi connectivity index (χ2n) is 3.42. The second kappa shape index (κ2) is 4.48. The van der Waals surface area contributed by atoms with E-state index >= 15 is 0 Å². The van der Waals surface area contributed by atoms with Gasteiger partial charge in [-0.25, -0.2) is 14.3 Å². The van der Waals surface area contributed by atoms with Crippen LogP contribution in [0.5, 0.6) is 0 Å². The highest BCUT2D eigenvalue weighted by Gasteiger charge is 2.14. The Hall–Kier alpha value is -1.00. The van der Waals surface area contributed by atoms with Crippen LogP contribution < -0.4 is 5.48 Å². The highest BCUT2D eigenvalue weighted by atomic mass is 19.1. The van der Waals surface area contributed by atoms with Crippen LogP contribution in [0.15, 0.2) is 12.1 Å². The first-order chi connectivity index (χ1) is 6.57. The van der Waals surface area contributed by atoms with E-state index in [2.05, 4.69) is 0 Å². The Morgan fingerprint density at radius 1 is 1.36 bits per heavy atom. The maximum Gasteiger partial charge on any atom is 0.134 e. The third-order valence-electron chi connectivity index (χ3n) is 2.09. The van der Waals surface area contributed by atoms with Crippen LogP contribution in [0.2, 0.25) is 0 Å². The van der Waals surface area contributed by atoms with E-state index < -0.39 is 11.6 Å². The molecule has 0 heterocycles. The zero-order valence-corrected chi connectivity index (χ0v) is 8.14. The Kier molecular flexibility index (Phi) is 3.55. The molecule has 2 nitrogen and oxygen atoms in total. The first-order valence-corrected chi connectivity index (χ1v) is 4.41. The summed E-state index contributed by atoms with van der Waals surface area (Å²) < 4.78 is 26.7. The van der Waals surface area contributed by atoms with Crippen molar-refractivity contribution in [1.82, 2.24) is 5.48 Å². The van der Waals surface area contributed by atoms with Gasteiger partial charge in [0.05, 0.1) is 6.54 Å². The highest BCUT2D eigenvalue weighted by molar-refractivity contribution is 5.29. The Morgan fingerprint density at radius 2 is 2.00 bits per heavy atom. The molecular formula is C10H13F2NO. The van der Waals surface area contributed by atoms with Gasteiger partial charge < -0.3 is 5.21 Å². The van der Waals surface area contributed by atoms with E-state index in [9.17, 15) is 8.78 Å². The minimum absolute atomic E-state index is 0.00644. The van der Waals surface area contributed by atoms with E-state index in [4.69, 9.17) is 5.21 Å². The topological polar surface area (TPSA) is 32.3 Å². The molecule has 1 aromatic rings. The molecule has 4 heteroatoms. The van der Waals surface area contributed by atoms with Gasteiger partial charge in [-0.05, 0) is 17.5 Å². The minimum atomic E-state index is -0.645. The minimum Gasteiger partial charge on any atom is -0.316 e. The van der Waals surface area contributed by atoms with Crippen LogP contribution in [0.3, 0.4) is 0 Å². The predicted molar refractivity (Wildman–Crippen MR) is 49.1 cm³/mol. The van der Waals surface area contributed by atoms with Crippen LogP contribution in [0.25, 0.3) is 0 Å². The average molecular weight is 201 g/mol. The molecule has 14 heavy (non-hydrogen) atoms. The quantitative estimate of drug-likeness (QED) is 0.736. The molecule has 78 valence electrons. The SMILES string of the molecule is CC(C)c1ccc(F)c(CNO)c1F. The predicted octanol–water partition coefficient (Wildman–Crippen LogP) is 2.57. The molecule has 0 unspecified atom stereocenters. The van der Waals surface area contributed by atoms with E-state index in [-0.39, 0.29) is 18.0 Å². The maximum atomic E-state index is 13.6. The lowest BCUT2D eigenvalue weighted by Crippen LogP contribution is -2.11. The number of hydroxylamine groups is 1. The molecular weight excluding hydrogens is 188 g/mol. The van der Waals surface area contributed by atoms with E-state index in [1.807, 2.05) is 13.8 Å². The van der Waals surface area contributed by atoms with Gasteiger partial charge in [-0.15, -0.1) is 0 Å². The normalized spacial score (nSPS) is 11.0. The molecule has 0 bridgehead atoms. The van der Waals surface area contributed by atoms with Crippen LogP contribution in [0, 0.1) is 11.6 Å². The summed E-state index contributed by atoms with van der Waals surface area (Å²) in [6.45, 7) is 3.43. The van der Waals surface area contributed by atoms with E-state index in [0.717, 1.165) is 0 Å². The van der Waals surface area contributed by atoms with Crippen LogP contribution >= 0.6 is 0 Å². The first kappa shape index (κ1) is 11.1. The Bertz CT molecular complexity index is 326. The lowest BCUT2D eigenvalue weighted by Gasteiger charge is -2.11. The van der Waals surface area contributed by atoms with Crippen LogP contribution in [0.1, 0.15) is 30.9 Å². The van der Waals surface area contributed by atoms with Crippen LogP contribution in [-0.4, -0.2) is 5.21 Å². The van der Waals surface area contributed by atoms with Crippen molar-refractivity contribution in [2.75, 3.05) is 0 Å². The van der Waals surface area contributed by atoms with Gasteiger partial charge >= 0.3 is 0 Å². The molecule has 0 spiro atoms. The fraction of sp³-hybridized carbons (Fsp3) is 0.400. The molecule has 2 N–H and O–H groups in total. The average Bonchev–Trinajstić information content (AvgIpc) is 2.11. The molecule has 0 aliphatic carbocycles. The van der Waals surface area contributed by atoms with E-state index in [1.165, 1.54) is 12.1 Å². The summed E-state index contributed by atoms with van der Waals surface area (Å²) in [5, 5.41) is 8.41. The molecule has 0 saturated heterocycles. The summed E-state index contributed by atoms with van der Waals surface area (Å²) in [4.78, 5) is 0. The van der Waals surface area contributed by atoms with Crippen LogP contribution in [0.4, 0.5) is 8.78 Å². The zero-order chi connectivity index (χ0) is 10.7. The van der Waals surface area contributed by atoms with Crippen molar-refractivity contribution in [2.24, 2.45) is 0 Å². The molecule has 0 radical (unpaired) electrons. The van der Waals surface area contributed by atoms with Crippen molar-refractivity contribution in [3.05, 3.63) is 34.9 Å². The number of hydrogen-bond acceptors (Lipinski definition) is 2. The van der Waals surface area contributed by atoms with Gasteiger partial charge in [-0.1, -0.05) is 19.9 Å². The number of nitrogens with one attached hydrogen (secondary N) is 1. The fourth-order valence-electron chi connectivity index (χ4n) is 1.30. The monoisotopic (exact) mass is 201 g/mol. The fourth-order valence-corrected chi connectivity index (χ4v) is 1.30. The van der Waals surface area contributed by atoms with Crippen molar-refractivity contribution in [3.63, 3.8) is 0 Å². The molecule has 0 aliphatic rings. The molecule has 0 aliphatic heterocycles. The number of halogens is 2. The van der Waals surface area contributed by atoms with Gasteiger partial charge in [-0.2, -0.15) is 0 Å². The van der Waals surface area contributed by atoms with Gasteiger partial charge in [0.1, 0.15) is 11.6 Å². The molecule has 0 fully saturated rings. The maximum absolute atomic E-state index is 13.6. The van der Waals surface area contributed by atoms with Crippen molar-refractivity contribution < 1.29 is 14.0 Å². The van der Waals surface area contributed by atoms with Crippen molar-refractivity contribution in [1.29, 1.82) is 0 Å². The van der Waals surface area contributed by atoms with E-state index in [0.29, 0.717) is 5.56 Å². The van der Waals surface area contributed by atoms with Gasteiger partial charge in [0.25, 0.3) is 0 Å². The number of hydrogen-bond donors (Lipinski definition) is 2. The third kappa shape index (κ3) is 2.08. The Morgan fingerprint density at radius 3 is 2.50 bits per heavy atom. The first-order valence-electron chi connectivity index (χ1n) is 4.41. The van der Waals surface area contributed by atoms with Gasteiger partial charge in [0, 0.05) is 5.56 Å². The number of benzene rings is 1. The smallest absolute Gasteiger partial charge is 0.134 e. The summed E-state index contributed by atoms with van der Waals surface area (Å²) in [6, 6.07) is 2.64.